The number of carbonyl (C=O) groups is 5. The average Bonchev–Trinajstić information content (AvgIpc) is 3.67. The molecular formula is C42H57NO13. The molecule has 6 rings (SSSR count). The fourth-order valence-electron chi connectivity index (χ4n) is 10.3. The van der Waals surface area contributed by atoms with Crippen LogP contribution in [0, 0.1) is 28.1 Å². The number of hydrogen-bond donors (Lipinski definition) is 5. The third-order valence-corrected chi connectivity index (χ3v) is 13.7. The number of hydrogen-bond acceptors (Lipinski definition) is 13. The van der Waals surface area contributed by atoms with Crippen LogP contribution in [0.5, 0.6) is 0 Å². The van der Waals surface area contributed by atoms with Crippen molar-refractivity contribution in [3.05, 3.63) is 47.0 Å². The number of ketones is 1. The van der Waals surface area contributed by atoms with Crippen molar-refractivity contribution in [2.75, 3.05) is 6.61 Å². The molecule has 11 atom stereocenters. The number of aliphatic hydroxyl groups excluding tert-OH is 3. The molecule has 14 heteroatoms. The summed E-state index contributed by atoms with van der Waals surface area (Å²) in [4.78, 5) is 69.1. The zero-order valence-electron chi connectivity index (χ0n) is 33.5. The second-order valence-corrected chi connectivity index (χ2v) is 18.4. The second-order valence-electron chi connectivity index (χ2n) is 18.4. The van der Waals surface area contributed by atoms with E-state index in [1.807, 2.05) is 0 Å². The lowest BCUT2D eigenvalue weighted by molar-refractivity contribution is -0.346. The van der Waals surface area contributed by atoms with Gasteiger partial charge in [-0.25, -0.2) is 9.59 Å². The Morgan fingerprint density at radius 3 is 2.18 bits per heavy atom. The van der Waals surface area contributed by atoms with Crippen LogP contribution < -0.4 is 5.32 Å². The van der Waals surface area contributed by atoms with Crippen LogP contribution in [0.2, 0.25) is 0 Å². The monoisotopic (exact) mass is 783 g/mol. The summed E-state index contributed by atoms with van der Waals surface area (Å²) < 4.78 is 24.2. The van der Waals surface area contributed by atoms with Crippen LogP contribution in [0.3, 0.4) is 0 Å². The van der Waals surface area contributed by atoms with Crippen LogP contribution in [0.4, 0.5) is 0 Å². The van der Waals surface area contributed by atoms with Gasteiger partial charge in [0.25, 0.3) is 0 Å². The van der Waals surface area contributed by atoms with Crippen LogP contribution in [-0.2, 0) is 38.1 Å². The molecule has 5 aliphatic rings. The predicted molar refractivity (Wildman–Crippen MR) is 198 cm³/mol. The van der Waals surface area contributed by atoms with Crippen molar-refractivity contribution in [3.8, 4) is 0 Å². The standard InChI is InChI=1S/C42H57NO13/c1-21-25(54-37(51)30(47)32(38(3,4)5)43-35(49)23-14-12-13-15-23)19-42(52)34(55-36(50)24-16-10-9-11-17-24)31-40(8,33(48)29(46)28(21)39(42,6)7)26(45)18-27-41(31,20-53-27)56-22(2)44/h9-11,16-17,23,25-27,29-32,34,45-47,52H,12-15,18-20H2,1-8H3,(H,43,49)/t25-,26-,27+,29+,30+,31-,32+,34-,40+,41-,42+/m0/s1. The highest BCUT2D eigenvalue weighted by molar-refractivity contribution is 5.94. The first kappa shape index (κ1) is 41.9. The summed E-state index contributed by atoms with van der Waals surface area (Å²) in [5, 5.41) is 51.8. The van der Waals surface area contributed by atoms with E-state index in [1.54, 1.807) is 59.7 Å². The lowest BCUT2D eigenvalue weighted by Crippen LogP contribution is -2.81. The number of rotatable bonds is 8. The number of Topliss-reactive ketones (excluding diaryl/α,β-unsaturated/α-hetero) is 1. The highest BCUT2D eigenvalue weighted by Gasteiger charge is 2.78. The molecule has 4 aliphatic carbocycles. The van der Waals surface area contributed by atoms with Crippen LogP contribution in [0.25, 0.3) is 0 Å². The zero-order chi connectivity index (χ0) is 41.3. The number of nitrogens with one attached hydrogen (secondary N) is 1. The third-order valence-electron chi connectivity index (χ3n) is 13.7. The largest absolute Gasteiger partial charge is 0.456 e. The number of esters is 3. The number of fused-ring (bicyclic) bond motifs is 5. The SMILES string of the molecule is CC(=O)O[C@@]12CO[C@@H]1C[C@H](O)[C@@]1(C)C(=O)[C@H](O)C3=C(C)[C@@H](OC(=O)[C@H](O)[C@@H](NC(=O)C4CCCC4)C(C)(C)C)C[C@@](O)([C@@H](OC(=O)c4ccccc4)[C@H]21)C3(C)C. The number of ether oxygens (including phenoxy) is 4. The van der Waals surface area contributed by atoms with E-state index in [-0.39, 0.29) is 41.6 Å². The molecule has 1 saturated heterocycles. The highest BCUT2D eigenvalue weighted by Crippen LogP contribution is 2.64. The third kappa shape index (κ3) is 6.58. The van der Waals surface area contributed by atoms with Gasteiger partial charge in [0, 0.05) is 31.1 Å². The first-order valence-corrected chi connectivity index (χ1v) is 19.6. The van der Waals surface area contributed by atoms with E-state index in [4.69, 9.17) is 18.9 Å². The van der Waals surface area contributed by atoms with Crippen LogP contribution >= 0.6 is 0 Å². The van der Waals surface area contributed by atoms with Gasteiger partial charge < -0.3 is 44.7 Å². The molecule has 5 N–H and O–H groups in total. The molecule has 1 heterocycles. The summed E-state index contributed by atoms with van der Waals surface area (Å²) >= 11 is 0. The van der Waals surface area contributed by atoms with Gasteiger partial charge in [0.2, 0.25) is 5.91 Å². The van der Waals surface area contributed by atoms with Crippen molar-refractivity contribution < 1.29 is 63.3 Å². The summed E-state index contributed by atoms with van der Waals surface area (Å²) in [7, 11) is 0. The van der Waals surface area contributed by atoms with Gasteiger partial charge in [0.15, 0.2) is 17.5 Å². The van der Waals surface area contributed by atoms with Crippen molar-refractivity contribution in [1.82, 2.24) is 5.32 Å². The number of carbonyl (C=O) groups excluding carboxylic acids is 5. The maximum atomic E-state index is 14.9. The summed E-state index contributed by atoms with van der Waals surface area (Å²) in [5.74, 6) is -5.66. The molecule has 1 aromatic carbocycles. The molecule has 1 aliphatic heterocycles. The van der Waals surface area contributed by atoms with Gasteiger partial charge in [-0.3, -0.25) is 14.4 Å². The van der Waals surface area contributed by atoms with Crippen molar-refractivity contribution in [3.63, 3.8) is 0 Å². The topological polar surface area (TPSA) is 215 Å². The maximum absolute atomic E-state index is 14.9. The normalized spacial score (nSPS) is 36.4. The minimum Gasteiger partial charge on any atom is -0.456 e. The lowest BCUT2D eigenvalue weighted by atomic mass is 9.44. The average molecular weight is 784 g/mol. The molecule has 3 saturated carbocycles. The fourth-order valence-corrected chi connectivity index (χ4v) is 10.3. The van der Waals surface area contributed by atoms with Gasteiger partial charge in [-0.05, 0) is 55.4 Å². The predicted octanol–water partition coefficient (Wildman–Crippen LogP) is 2.71. The maximum Gasteiger partial charge on any atom is 0.338 e. The van der Waals surface area contributed by atoms with Crippen LogP contribution in [0.15, 0.2) is 41.5 Å². The van der Waals surface area contributed by atoms with Gasteiger partial charge >= 0.3 is 17.9 Å². The quantitative estimate of drug-likeness (QED) is 0.146. The Labute approximate surface area is 327 Å². The Morgan fingerprint density at radius 2 is 1.62 bits per heavy atom. The Kier molecular flexibility index (Phi) is 10.9. The Hall–Kier alpha value is -3.69. The summed E-state index contributed by atoms with van der Waals surface area (Å²) in [6, 6.07) is 6.86. The van der Waals surface area contributed by atoms with E-state index in [2.05, 4.69) is 5.32 Å². The molecule has 0 radical (unpaired) electrons. The van der Waals surface area contributed by atoms with Gasteiger partial charge in [0.1, 0.15) is 30.0 Å². The molecule has 56 heavy (non-hydrogen) atoms. The molecule has 4 fully saturated rings. The minimum absolute atomic E-state index is 0.0217. The van der Waals surface area contributed by atoms with E-state index in [9.17, 15) is 44.4 Å². The molecular weight excluding hydrogens is 726 g/mol. The molecule has 0 unspecified atom stereocenters. The first-order chi connectivity index (χ1) is 26.0. The molecule has 1 aromatic rings. The number of amides is 1. The fraction of sp³-hybridized carbons (Fsp3) is 0.690. The van der Waals surface area contributed by atoms with Crippen molar-refractivity contribution in [2.45, 2.75) is 148 Å². The van der Waals surface area contributed by atoms with Crippen LogP contribution in [0.1, 0.15) is 104 Å². The molecule has 308 valence electrons. The van der Waals surface area contributed by atoms with Gasteiger partial charge in [-0.1, -0.05) is 65.7 Å². The number of benzene rings is 1. The Bertz CT molecular complexity index is 1780. The minimum atomic E-state index is -2.31. The van der Waals surface area contributed by atoms with E-state index in [0.29, 0.717) is 12.8 Å². The molecule has 0 aromatic heterocycles. The lowest BCUT2D eigenvalue weighted by Gasteiger charge is -2.67. The molecule has 2 bridgehead atoms. The zero-order valence-corrected chi connectivity index (χ0v) is 33.5. The van der Waals surface area contributed by atoms with E-state index >= 15 is 0 Å². The van der Waals surface area contributed by atoms with Gasteiger partial charge in [0.05, 0.1) is 35.6 Å². The van der Waals surface area contributed by atoms with Crippen molar-refractivity contribution in [1.29, 1.82) is 0 Å². The van der Waals surface area contributed by atoms with Crippen molar-refractivity contribution in [2.24, 2.45) is 28.1 Å². The molecule has 1 amide bonds. The Balaban J connectivity index is 1.48. The van der Waals surface area contributed by atoms with Crippen LogP contribution in [-0.4, -0.2) is 110 Å². The smallest absolute Gasteiger partial charge is 0.338 e. The Morgan fingerprint density at radius 1 is 1.00 bits per heavy atom. The number of aliphatic hydroxyl groups is 4. The van der Waals surface area contributed by atoms with Gasteiger partial charge in [-0.2, -0.15) is 0 Å². The molecule has 14 nitrogen and oxygen atoms in total. The highest BCUT2D eigenvalue weighted by atomic mass is 16.6. The second kappa shape index (κ2) is 14.6. The van der Waals surface area contributed by atoms with E-state index < -0.39 is 106 Å². The summed E-state index contributed by atoms with van der Waals surface area (Å²) in [6.45, 7) is 12.3. The van der Waals surface area contributed by atoms with E-state index in [0.717, 1.165) is 12.8 Å². The first-order valence-electron chi connectivity index (χ1n) is 19.6. The summed E-state index contributed by atoms with van der Waals surface area (Å²) in [6.07, 6.45) is -6.89. The molecule has 0 spiro atoms. The van der Waals surface area contributed by atoms with E-state index in [1.165, 1.54) is 26.0 Å². The van der Waals surface area contributed by atoms with Crippen molar-refractivity contribution >= 4 is 29.6 Å². The van der Waals surface area contributed by atoms with Gasteiger partial charge in [-0.15, -0.1) is 0 Å². The summed E-state index contributed by atoms with van der Waals surface area (Å²) in [5.41, 5.74) is -8.10.